The van der Waals surface area contributed by atoms with Crippen LogP contribution >= 0.6 is 0 Å². The van der Waals surface area contributed by atoms with Gasteiger partial charge in [-0.3, -0.25) is 4.90 Å². The van der Waals surface area contributed by atoms with Crippen molar-refractivity contribution in [2.24, 2.45) is 5.92 Å². The quantitative estimate of drug-likeness (QED) is 0.899. The molecule has 0 spiro atoms. The van der Waals surface area contributed by atoms with Gasteiger partial charge < -0.3 is 5.11 Å². The monoisotopic (exact) mass is 259 g/mol. The maximum Gasteiger partial charge on any atom is 0.0942 e. The highest BCUT2D eigenvalue weighted by Gasteiger charge is 2.39. The number of hydrogen-bond acceptors (Lipinski definition) is 2. The van der Waals surface area contributed by atoms with Gasteiger partial charge in [-0.2, -0.15) is 0 Å². The van der Waals surface area contributed by atoms with Crippen molar-refractivity contribution in [1.82, 2.24) is 4.90 Å². The van der Waals surface area contributed by atoms with Gasteiger partial charge in [-0.05, 0) is 44.2 Å². The van der Waals surface area contributed by atoms with E-state index in [0.29, 0.717) is 0 Å². The van der Waals surface area contributed by atoms with E-state index in [0.717, 1.165) is 17.5 Å². The van der Waals surface area contributed by atoms with Crippen molar-refractivity contribution < 1.29 is 5.11 Å². The topological polar surface area (TPSA) is 23.5 Å². The van der Waals surface area contributed by atoms with E-state index in [-0.39, 0.29) is 12.1 Å². The van der Waals surface area contributed by atoms with Crippen molar-refractivity contribution in [2.45, 2.75) is 57.2 Å². The fourth-order valence-corrected chi connectivity index (χ4v) is 4.06. The van der Waals surface area contributed by atoms with Gasteiger partial charge >= 0.3 is 0 Å². The van der Waals surface area contributed by atoms with Gasteiger partial charge in [0.05, 0.1) is 6.10 Å². The van der Waals surface area contributed by atoms with Crippen LogP contribution in [-0.4, -0.2) is 28.6 Å². The second kappa shape index (κ2) is 5.64. The molecular formula is C17H25NO. The number of hydrogen-bond donors (Lipinski definition) is 1. The van der Waals surface area contributed by atoms with Gasteiger partial charge in [-0.25, -0.2) is 0 Å². The highest BCUT2D eigenvalue weighted by atomic mass is 16.3. The van der Waals surface area contributed by atoms with E-state index in [9.17, 15) is 5.11 Å². The van der Waals surface area contributed by atoms with E-state index < -0.39 is 0 Å². The molecule has 1 saturated heterocycles. The van der Waals surface area contributed by atoms with E-state index in [1.54, 1.807) is 0 Å². The van der Waals surface area contributed by atoms with Crippen LogP contribution < -0.4 is 0 Å². The van der Waals surface area contributed by atoms with E-state index >= 15 is 0 Å². The summed E-state index contributed by atoms with van der Waals surface area (Å²) in [4.78, 5) is 2.57. The molecular weight excluding hydrogens is 234 g/mol. The summed E-state index contributed by atoms with van der Waals surface area (Å²) < 4.78 is 0. The third-order valence-electron chi connectivity index (χ3n) is 5.17. The van der Waals surface area contributed by atoms with Crippen LogP contribution in [0, 0.1) is 5.92 Å². The largest absolute Gasteiger partial charge is 0.387 e. The van der Waals surface area contributed by atoms with E-state index in [4.69, 9.17) is 0 Å². The molecule has 4 unspecified atom stereocenters. The molecule has 0 radical (unpaired) electrons. The average molecular weight is 259 g/mol. The zero-order valence-corrected chi connectivity index (χ0v) is 11.8. The summed E-state index contributed by atoms with van der Waals surface area (Å²) in [5.74, 6) is 0.888. The molecule has 4 atom stereocenters. The Kier molecular flexibility index (Phi) is 3.90. The molecule has 2 nitrogen and oxygen atoms in total. The van der Waals surface area contributed by atoms with Crippen LogP contribution in [0.4, 0.5) is 0 Å². The lowest BCUT2D eigenvalue weighted by molar-refractivity contribution is 0.0370. The molecule has 2 fully saturated rings. The normalized spacial score (nSPS) is 30.8. The standard InChI is InChI=1S/C17H25NO/c1-13(17(19)15-8-3-2-4-9-15)18-12-11-14-7-5-6-10-16(14)18/h2-4,8-9,13-14,16-17,19H,5-7,10-12H2,1H3. The number of benzene rings is 1. The third kappa shape index (κ3) is 2.56. The van der Waals surface area contributed by atoms with Gasteiger partial charge in [0.15, 0.2) is 0 Å². The predicted octanol–water partition coefficient (Wildman–Crippen LogP) is 3.37. The minimum absolute atomic E-state index is 0.232. The lowest BCUT2D eigenvalue weighted by atomic mass is 9.84. The number of nitrogens with zero attached hydrogens (tertiary/aromatic N) is 1. The van der Waals surface area contributed by atoms with Crippen molar-refractivity contribution in [3.8, 4) is 0 Å². The van der Waals surface area contributed by atoms with Crippen LogP contribution in [0.15, 0.2) is 30.3 Å². The molecule has 0 amide bonds. The van der Waals surface area contributed by atoms with Crippen molar-refractivity contribution in [2.75, 3.05) is 6.54 Å². The molecule has 1 saturated carbocycles. The molecule has 1 aliphatic heterocycles. The van der Waals surface area contributed by atoms with E-state index in [1.165, 1.54) is 38.6 Å². The summed E-state index contributed by atoms with van der Waals surface area (Å²) in [7, 11) is 0. The Morgan fingerprint density at radius 1 is 1.11 bits per heavy atom. The van der Waals surface area contributed by atoms with Crippen molar-refractivity contribution in [3.63, 3.8) is 0 Å². The Bertz CT molecular complexity index is 405. The van der Waals surface area contributed by atoms with Crippen molar-refractivity contribution in [1.29, 1.82) is 0 Å². The molecule has 0 aromatic heterocycles. The number of likely N-dealkylation sites (tertiary alicyclic amines) is 1. The smallest absolute Gasteiger partial charge is 0.0942 e. The molecule has 1 aromatic rings. The highest BCUT2D eigenvalue weighted by molar-refractivity contribution is 5.19. The molecule has 19 heavy (non-hydrogen) atoms. The maximum absolute atomic E-state index is 10.6. The maximum atomic E-state index is 10.6. The second-order valence-electron chi connectivity index (χ2n) is 6.23. The fourth-order valence-electron chi connectivity index (χ4n) is 4.06. The highest BCUT2D eigenvalue weighted by Crippen LogP contribution is 2.39. The summed E-state index contributed by atoms with van der Waals surface area (Å²) in [5.41, 5.74) is 1.05. The molecule has 1 N–H and O–H groups in total. The lowest BCUT2D eigenvalue weighted by Crippen LogP contribution is -2.43. The molecule has 1 aromatic carbocycles. The van der Waals surface area contributed by atoms with Crippen LogP contribution in [0.25, 0.3) is 0 Å². The first-order valence-corrected chi connectivity index (χ1v) is 7.76. The summed E-state index contributed by atoms with van der Waals surface area (Å²) in [6.45, 7) is 3.36. The SMILES string of the molecule is CC(C(O)c1ccccc1)N1CCC2CCCCC21. The van der Waals surface area contributed by atoms with Gasteiger partial charge in [0, 0.05) is 12.1 Å². The van der Waals surface area contributed by atoms with Crippen LogP contribution in [0.5, 0.6) is 0 Å². The summed E-state index contributed by atoms with van der Waals surface area (Å²) in [6, 6.07) is 11.1. The van der Waals surface area contributed by atoms with Gasteiger partial charge in [-0.15, -0.1) is 0 Å². The molecule has 104 valence electrons. The van der Waals surface area contributed by atoms with Crippen LogP contribution in [0.3, 0.4) is 0 Å². The number of aliphatic hydroxyl groups excluding tert-OH is 1. The first-order chi connectivity index (χ1) is 9.27. The van der Waals surface area contributed by atoms with Gasteiger partial charge in [0.1, 0.15) is 0 Å². The predicted molar refractivity (Wildman–Crippen MR) is 77.9 cm³/mol. The first-order valence-electron chi connectivity index (χ1n) is 7.76. The Labute approximate surface area is 116 Å². The lowest BCUT2D eigenvalue weighted by Gasteiger charge is -2.37. The molecule has 1 heterocycles. The Hall–Kier alpha value is -0.860. The Morgan fingerprint density at radius 3 is 2.63 bits per heavy atom. The molecule has 2 heteroatoms. The van der Waals surface area contributed by atoms with Crippen molar-refractivity contribution in [3.05, 3.63) is 35.9 Å². The summed E-state index contributed by atoms with van der Waals surface area (Å²) in [5, 5.41) is 10.6. The van der Waals surface area contributed by atoms with Crippen LogP contribution in [0.2, 0.25) is 0 Å². The zero-order valence-electron chi connectivity index (χ0n) is 11.8. The zero-order chi connectivity index (χ0) is 13.2. The van der Waals surface area contributed by atoms with Crippen LogP contribution in [-0.2, 0) is 0 Å². The third-order valence-corrected chi connectivity index (χ3v) is 5.17. The molecule has 3 rings (SSSR count). The number of fused-ring (bicyclic) bond motifs is 1. The first kappa shape index (κ1) is 13.1. The van der Waals surface area contributed by atoms with Crippen molar-refractivity contribution >= 4 is 0 Å². The van der Waals surface area contributed by atoms with Gasteiger partial charge in [-0.1, -0.05) is 43.2 Å². The van der Waals surface area contributed by atoms with E-state index in [1.807, 2.05) is 30.3 Å². The summed E-state index contributed by atoms with van der Waals surface area (Å²) in [6.07, 6.45) is 6.47. The minimum Gasteiger partial charge on any atom is -0.387 e. The number of rotatable bonds is 3. The molecule has 1 aliphatic carbocycles. The fraction of sp³-hybridized carbons (Fsp3) is 0.647. The van der Waals surface area contributed by atoms with Gasteiger partial charge in [0.2, 0.25) is 0 Å². The van der Waals surface area contributed by atoms with Crippen LogP contribution in [0.1, 0.15) is 50.7 Å². The van der Waals surface area contributed by atoms with E-state index in [2.05, 4.69) is 11.8 Å². The minimum atomic E-state index is -0.359. The molecule has 2 aliphatic rings. The summed E-state index contributed by atoms with van der Waals surface area (Å²) >= 11 is 0. The molecule has 0 bridgehead atoms. The average Bonchev–Trinajstić information content (AvgIpc) is 2.90. The Balaban J connectivity index is 1.71. The Morgan fingerprint density at radius 2 is 1.84 bits per heavy atom. The number of aliphatic hydroxyl groups is 1. The second-order valence-corrected chi connectivity index (χ2v) is 6.23. The van der Waals surface area contributed by atoms with Gasteiger partial charge in [0.25, 0.3) is 0 Å².